The third kappa shape index (κ3) is 1.99. The molecule has 5 N–H and O–H groups in total. The van der Waals surface area contributed by atoms with Gasteiger partial charge in [0.15, 0.2) is 0 Å². The van der Waals surface area contributed by atoms with Gasteiger partial charge in [0.05, 0.1) is 24.4 Å². The molecule has 0 aromatic heterocycles. The standard InChI is InChI=1S/C19H30O5/c1-18-6-5-12(20)16(23)10(18)4-3-9-11-7-13(21)17(24)19(11,2)8-14(22)15(9)18/h4,9,11-17,20-24H,3,5-8H2,1-2H3/t9-,11-,12-,13+,14-,15+,16+,17-,18-,19-/m0/s1. The van der Waals surface area contributed by atoms with E-state index in [1.807, 2.05) is 6.92 Å². The molecule has 0 amide bonds. The molecule has 5 heteroatoms. The molecule has 0 unspecified atom stereocenters. The highest BCUT2D eigenvalue weighted by molar-refractivity contribution is 5.30. The summed E-state index contributed by atoms with van der Waals surface area (Å²) in [6.07, 6.45) is 1.52. The van der Waals surface area contributed by atoms with Gasteiger partial charge >= 0.3 is 0 Å². The van der Waals surface area contributed by atoms with Crippen molar-refractivity contribution in [3.8, 4) is 0 Å². The van der Waals surface area contributed by atoms with E-state index >= 15 is 0 Å². The lowest BCUT2D eigenvalue weighted by atomic mass is 9.46. The lowest BCUT2D eigenvalue weighted by molar-refractivity contribution is -0.147. The maximum atomic E-state index is 11.0. The normalized spacial score (nSPS) is 60.0. The van der Waals surface area contributed by atoms with E-state index in [2.05, 4.69) is 13.0 Å². The van der Waals surface area contributed by atoms with Crippen molar-refractivity contribution >= 4 is 0 Å². The van der Waals surface area contributed by atoms with Crippen molar-refractivity contribution < 1.29 is 25.5 Å². The summed E-state index contributed by atoms with van der Waals surface area (Å²) in [7, 11) is 0. The summed E-state index contributed by atoms with van der Waals surface area (Å²) in [5, 5.41) is 52.2. The van der Waals surface area contributed by atoms with E-state index in [1.54, 1.807) is 0 Å². The SMILES string of the molecule is C[C@]12C[C@H](O)[C@H]3[C@@H](CC=C4[C@@H](O)[C@@H](O)CC[C@@]43C)[C@@H]1C[C@@H](O)[C@@H]2O. The second-order valence-corrected chi connectivity index (χ2v) is 9.18. The molecule has 4 rings (SSSR count). The molecule has 5 nitrogen and oxygen atoms in total. The lowest BCUT2D eigenvalue weighted by Gasteiger charge is -2.59. The van der Waals surface area contributed by atoms with Crippen molar-refractivity contribution in [2.24, 2.45) is 28.6 Å². The largest absolute Gasteiger partial charge is 0.393 e. The molecule has 0 bridgehead atoms. The average molecular weight is 338 g/mol. The summed E-state index contributed by atoms with van der Waals surface area (Å²) in [6, 6.07) is 0. The highest BCUT2D eigenvalue weighted by atomic mass is 16.3. The molecule has 3 saturated carbocycles. The van der Waals surface area contributed by atoms with Crippen molar-refractivity contribution in [2.45, 2.75) is 76.5 Å². The summed E-state index contributed by atoms with van der Waals surface area (Å²) in [6.45, 7) is 4.11. The fraction of sp³-hybridized carbons (Fsp3) is 0.895. The molecule has 0 aliphatic heterocycles. The van der Waals surface area contributed by atoms with Crippen LogP contribution in [0.5, 0.6) is 0 Å². The van der Waals surface area contributed by atoms with Gasteiger partial charge in [0.1, 0.15) is 6.10 Å². The Balaban J connectivity index is 1.75. The average Bonchev–Trinajstić information content (AvgIpc) is 2.75. The molecule has 24 heavy (non-hydrogen) atoms. The highest BCUT2D eigenvalue weighted by Gasteiger charge is 2.64. The van der Waals surface area contributed by atoms with Crippen molar-refractivity contribution in [3.05, 3.63) is 11.6 Å². The van der Waals surface area contributed by atoms with Crippen LogP contribution in [0.25, 0.3) is 0 Å². The number of aliphatic hydroxyl groups is 5. The summed E-state index contributed by atoms with van der Waals surface area (Å²) in [5.41, 5.74) is 0.110. The molecule has 0 spiro atoms. The molecule has 0 saturated heterocycles. The minimum atomic E-state index is -0.843. The highest BCUT2D eigenvalue weighted by Crippen LogP contribution is 2.64. The Bertz CT molecular complexity index is 562. The van der Waals surface area contributed by atoms with E-state index in [-0.39, 0.29) is 23.2 Å². The molecular formula is C19H30O5. The maximum Gasteiger partial charge on any atom is 0.101 e. The Kier molecular flexibility index (Phi) is 3.73. The first-order valence-electron chi connectivity index (χ1n) is 9.31. The van der Waals surface area contributed by atoms with Crippen LogP contribution in [-0.4, -0.2) is 56.1 Å². The van der Waals surface area contributed by atoms with Gasteiger partial charge < -0.3 is 25.5 Å². The van der Waals surface area contributed by atoms with Gasteiger partial charge in [-0.15, -0.1) is 0 Å². The van der Waals surface area contributed by atoms with E-state index in [1.165, 1.54) is 0 Å². The van der Waals surface area contributed by atoms with Crippen LogP contribution in [0.3, 0.4) is 0 Å². The van der Waals surface area contributed by atoms with Gasteiger partial charge in [0.2, 0.25) is 0 Å². The van der Waals surface area contributed by atoms with Crippen LogP contribution in [-0.2, 0) is 0 Å². The second kappa shape index (κ2) is 5.27. The molecule has 0 radical (unpaired) electrons. The molecule has 0 aromatic carbocycles. The van der Waals surface area contributed by atoms with Crippen LogP contribution >= 0.6 is 0 Å². The maximum absolute atomic E-state index is 11.0. The van der Waals surface area contributed by atoms with E-state index in [4.69, 9.17) is 0 Å². The van der Waals surface area contributed by atoms with Crippen molar-refractivity contribution in [1.82, 2.24) is 0 Å². The molecular weight excluding hydrogens is 308 g/mol. The van der Waals surface area contributed by atoms with Gasteiger partial charge in [-0.2, -0.15) is 0 Å². The number of hydrogen-bond donors (Lipinski definition) is 5. The smallest absolute Gasteiger partial charge is 0.101 e. The topological polar surface area (TPSA) is 101 Å². The van der Waals surface area contributed by atoms with E-state index in [0.717, 1.165) is 18.4 Å². The minimum Gasteiger partial charge on any atom is -0.393 e. The lowest BCUT2D eigenvalue weighted by Crippen LogP contribution is -2.59. The molecule has 3 fully saturated rings. The van der Waals surface area contributed by atoms with Gasteiger partial charge in [0, 0.05) is 5.41 Å². The second-order valence-electron chi connectivity index (χ2n) is 9.18. The fourth-order valence-electron chi connectivity index (χ4n) is 6.85. The van der Waals surface area contributed by atoms with Crippen LogP contribution in [0.15, 0.2) is 11.6 Å². The molecule has 4 aliphatic rings. The first-order chi connectivity index (χ1) is 11.2. The number of fused-ring (bicyclic) bond motifs is 5. The molecule has 4 aliphatic carbocycles. The third-order valence-corrected chi connectivity index (χ3v) is 8.07. The van der Waals surface area contributed by atoms with Gasteiger partial charge in [-0.3, -0.25) is 0 Å². The number of aliphatic hydroxyl groups excluding tert-OH is 5. The van der Waals surface area contributed by atoms with Gasteiger partial charge in [-0.05, 0) is 60.8 Å². The molecule has 0 heterocycles. The van der Waals surface area contributed by atoms with Gasteiger partial charge in [-0.1, -0.05) is 19.9 Å². The molecule has 10 atom stereocenters. The Morgan fingerprint density at radius 2 is 1.71 bits per heavy atom. The van der Waals surface area contributed by atoms with Crippen LogP contribution in [0.2, 0.25) is 0 Å². The third-order valence-electron chi connectivity index (χ3n) is 8.07. The van der Waals surface area contributed by atoms with Crippen LogP contribution in [0, 0.1) is 28.6 Å². The van der Waals surface area contributed by atoms with Crippen molar-refractivity contribution in [3.63, 3.8) is 0 Å². The van der Waals surface area contributed by atoms with Crippen LogP contribution < -0.4 is 0 Å². The van der Waals surface area contributed by atoms with Crippen molar-refractivity contribution in [1.29, 1.82) is 0 Å². The Labute approximate surface area is 143 Å². The quantitative estimate of drug-likeness (QED) is 0.416. The van der Waals surface area contributed by atoms with E-state index in [0.29, 0.717) is 19.3 Å². The number of allylic oxidation sites excluding steroid dienone is 1. The number of hydrogen-bond acceptors (Lipinski definition) is 5. The Morgan fingerprint density at radius 1 is 1.00 bits per heavy atom. The van der Waals surface area contributed by atoms with E-state index in [9.17, 15) is 25.5 Å². The monoisotopic (exact) mass is 338 g/mol. The van der Waals surface area contributed by atoms with E-state index < -0.39 is 35.9 Å². The summed E-state index contributed by atoms with van der Waals surface area (Å²) < 4.78 is 0. The Hall–Kier alpha value is -0.460. The van der Waals surface area contributed by atoms with Gasteiger partial charge in [-0.25, -0.2) is 0 Å². The van der Waals surface area contributed by atoms with Crippen LogP contribution in [0.1, 0.15) is 46.0 Å². The first kappa shape index (κ1) is 17.0. The first-order valence-corrected chi connectivity index (χ1v) is 9.31. The molecule has 136 valence electrons. The zero-order valence-electron chi connectivity index (χ0n) is 14.5. The zero-order chi connectivity index (χ0) is 17.4. The number of rotatable bonds is 0. The van der Waals surface area contributed by atoms with Crippen molar-refractivity contribution in [2.75, 3.05) is 0 Å². The summed E-state index contributed by atoms with van der Waals surface area (Å²) in [5.74, 6) is 0.381. The molecule has 0 aromatic rings. The summed E-state index contributed by atoms with van der Waals surface area (Å²) in [4.78, 5) is 0. The van der Waals surface area contributed by atoms with Crippen LogP contribution in [0.4, 0.5) is 0 Å². The zero-order valence-corrected chi connectivity index (χ0v) is 14.5. The van der Waals surface area contributed by atoms with Gasteiger partial charge in [0.25, 0.3) is 0 Å². The predicted octanol–water partition coefficient (Wildman–Crippen LogP) is 0.583. The predicted molar refractivity (Wildman–Crippen MR) is 87.9 cm³/mol. The minimum absolute atomic E-state index is 0.00947. The Morgan fingerprint density at radius 3 is 2.42 bits per heavy atom. The fourth-order valence-corrected chi connectivity index (χ4v) is 6.85. The summed E-state index contributed by atoms with van der Waals surface area (Å²) >= 11 is 0.